The van der Waals surface area contributed by atoms with Crippen molar-refractivity contribution in [1.82, 2.24) is 35.1 Å². The van der Waals surface area contributed by atoms with Crippen molar-refractivity contribution in [1.29, 1.82) is 0 Å². The van der Waals surface area contributed by atoms with Gasteiger partial charge in [-0.2, -0.15) is 5.21 Å². The van der Waals surface area contributed by atoms with Crippen molar-refractivity contribution in [3.63, 3.8) is 0 Å². The molecule has 3 heterocycles. The zero-order chi connectivity index (χ0) is 30.0. The molecule has 0 radical (unpaired) electrons. The number of H-pyrrole nitrogens is 1. The summed E-state index contributed by atoms with van der Waals surface area (Å²) in [4.78, 5) is 22.6. The minimum Gasteiger partial charge on any atom is -0.320 e. The largest absolute Gasteiger partial charge is 0.324 e. The van der Waals surface area contributed by atoms with Gasteiger partial charge in [-0.3, -0.25) is 9.47 Å². The smallest absolute Gasteiger partial charge is 0.320 e. The number of carbonyl (C=O) groups is 1. The van der Waals surface area contributed by atoms with Gasteiger partial charge in [-0.15, -0.1) is 10.2 Å². The lowest BCUT2D eigenvalue weighted by Gasteiger charge is -2.35. The van der Waals surface area contributed by atoms with E-state index in [0.717, 1.165) is 81.9 Å². The predicted octanol–water partition coefficient (Wildman–Crippen LogP) is 6.97. The third kappa shape index (κ3) is 5.00. The summed E-state index contributed by atoms with van der Waals surface area (Å²) >= 11 is 0. The number of imidazole rings is 1. The van der Waals surface area contributed by atoms with Crippen molar-refractivity contribution < 1.29 is 4.79 Å². The molecule has 4 aromatic carbocycles. The minimum absolute atomic E-state index is 0.0297. The number of urea groups is 1. The normalized spacial score (nSPS) is 13.6. The molecule has 0 spiro atoms. The van der Waals surface area contributed by atoms with Crippen LogP contribution in [0.3, 0.4) is 0 Å². The number of hydrogen-bond donors (Lipinski definition) is 1. The van der Waals surface area contributed by atoms with Gasteiger partial charge in [0.25, 0.3) is 0 Å². The fraction of sp³-hybridized carbons (Fsp3) is 0.229. The number of nitrogens with one attached hydrogen (secondary N) is 1. The first-order valence-corrected chi connectivity index (χ1v) is 15.2. The Morgan fingerprint density at radius 1 is 0.909 bits per heavy atom. The predicted molar refractivity (Wildman–Crippen MR) is 173 cm³/mol. The molecule has 2 aromatic heterocycles. The van der Waals surface area contributed by atoms with E-state index in [1.54, 1.807) is 0 Å². The van der Waals surface area contributed by atoms with Crippen LogP contribution in [0, 0.1) is 6.92 Å². The highest BCUT2D eigenvalue weighted by Gasteiger charge is 2.28. The maximum absolute atomic E-state index is 13.7. The zero-order valence-corrected chi connectivity index (χ0v) is 24.9. The fourth-order valence-electron chi connectivity index (χ4n) is 6.27. The van der Waals surface area contributed by atoms with E-state index in [2.05, 4.69) is 81.5 Å². The van der Waals surface area contributed by atoms with Gasteiger partial charge >= 0.3 is 6.03 Å². The van der Waals surface area contributed by atoms with Gasteiger partial charge in [-0.1, -0.05) is 73.7 Å². The van der Waals surface area contributed by atoms with Crippen LogP contribution < -0.4 is 4.90 Å². The summed E-state index contributed by atoms with van der Waals surface area (Å²) in [5.41, 5.74) is 8.94. The van der Waals surface area contributed by atoms with Crippen molar-refractivity contribution in [3.8, 4) is 28.2 Å². The standard InChI is InChI=1S/C35H34N8O/c1-3-11-32-36-29-18-16-27(42-21-10-20-41(35(42)44)23-25-12-6-4-7-13-25)22-31(29)43(32)30-19-17-28(26-14-8-5-9-15-26)33(24(30)2)34-37-39-40-38-34/h4-9,12-19,22H,3,10-11,20-21,23H2,1-2H3,(H,37,38,39,40). The number of carbonyl (C=O) groups excluding carboxylic acids is 1. The number of tetrazole rings is 1. The Bertz CT molecular complexity index is 1920. The summed E-state index contributed by atoms with van der Waals surface area (Å²) in [6.07, 6.45) is 2.67. The van der Waals surface area contributed by atoms with E-state index in [4.69, 9.17) is 4.98 Å². The van der Waals surface area contributed by atoms with Gasteiger partial charge in [0.05, 0.1) is 16.7 Å². The van der Waals surface area contributed by atoms with Crippen LogP contribution in [-0.2, 0) is 13.0 Å². The number of rotatable bonds is 8. The second kappa shape index (κ2) is 11.8. The number of benzene rings is 4. The summed E-state index contributed by atoms with van der Waals surface area (Å²) in [7, 11) is 0. The van der Waals surface area contributed by atoms with Crippen LogP contribution in [0.1, 0.15) is 36.7 Å². The van der Waals surface area contributed by atoms with E-state index < -0.39 is 0 Å². The monoisotopic (exact) mass is 582 g/mol. The number of hydrogen-bond acceptors (Lipinski definition) is 5. The van der Waals surface area contributed by atoms with Gasteiger partial charge in [-0.25, -0.2) is 9.78 Å². The molecule has 0 aliphatic carbocycles. The Labute approximate surface area is 256 Å². The zero-order valence-electron chi connectivity index (χ0n) is 24.9. The molecule has 1 aliphatic rings. The molecule has 0 unspecified atom stereocenters. The van der Waals surface area contributed by atoms with E-state index in [1.165, 1.54) is 0 Å². The average Bonchev–Trinajstić information content (AvgIpc) is 3.71. The molecule has 44 heavy (non-hydrogen) atoms. The molecule has 0 saturated carbocycles. The Kier molecular flexibility index (Phi) is 7.35. The van der Waals surface area contributed by atoms with Crippen LogP contribution in [0.25, 0.3) is 39.2 Å². The number of aromatic nitrogens is 6. The molecular weight excluding hydrogens is 548 g/mol. The Morgan fingerprint density at radius 2 is 1.70 bits per heavy atom. The second-order valence-electron chi connectivity index (χ2n) is 11.2. The molecule has 220 valence electrons. The highest BCUT2D eigenvalue weighted by Crippen LogP contribution is 2.38. The minimum atomic E-state index is 0.0297. The number of fused-ring (bicyclic) bond motifs is 1. The first-order chi connectivity index (χ1) is 21.6. The van der Waals surface area contributed by atoms with E-state index in [9.17, 15) is 4.79 Å². The van der Waals surface area contributed by atoms with Crippen LogP contribution in [0.5, 0.6) is 0 Å². The first kappa shape index (κ1) is 27.5. The SMILES string of the molecule is CCCc1nc2ccc(N3CCCN(Cc4ccccc4)C3=O)cc2n1-c1ccc(-c2ccccc2)c(-c2nn[nH]n2)c1C. The summed E-state index contributed by atoms with van der Waals surface area (Å²) in [5, 5.41) is 15.2. The van der Waals surface area contributed by atoms with Gasteiger partial charge in [0.1, 0.15) is 5.82 Å². The van der Waals surface area contributed by atoms with E-state index in [1.807, 2.05) is 58.3 Å². The van der Waals surface area contributed by atoms with Crippen LogP contribution in [0.15, 0.2) is 91.0 Å². The van der Waals surface area contributed by atoms with Crippen LogP contribution >= 0.6 is 0 Å². The Balaban J connectivity index is 1.34. The van der Waals surface area contributed by atoms with Crippen molar-refractivity contribution in [2.24, 2.45) is 0 Å². The topological polar surface area (TPSA) is 95.8 Å². The fourth-order valence-corrected chi connectivity index (χ4v) is 6.27. The quantitative estimate of drug-likeness (QED) is 0.209. The molecule has 2 amide bonds. The molecular formula is C35H34N8O. The number of aromatic amines is 1. The molecule has 7 rings (SSSR count). The van der Waals surface area contributed by atoms with Gasteiger partial charge in [0, 0.05) is 37.3 Å². The van der Waals surface area contributed by atoms with Crippen molar-refractivity contribution in [2.45, 2.75) is 39.7 Å². The highest BCUT2D eigenvalue weighted by atomic mass is 16.2. The molecule has 9 heteroatoms. The Hall–Kier alpha value is -5.31. The maximum atomic E-state index is 13.7. The molecule has 0 atom stereocenters. The summed E-state index contributed by atoms with van der Waals surface area (Å²) < 4.78 is 2.24. The number of nitrogens with zero attached hydrogens (tertiary/aromatic N) is 7. The van der Waals surface area contributed by atoms with Crippen LogP contribution in [0.2, 0.25) is 0 Å². The summed E-state index contributed by atoms with van der Waals surface area (Å²) in [5.74, 6) is 1.52. The molecule has 1 saturated heterocycles. The van der Waals surface area contributed by atoms with Gasteiger partial charge in [0.15, 0.2) is 0 Å². The highest BCUT2D eigenvalue weighted by molar-refractivity contribution is 5.95. The average molecular weight is 583 g/mol. The third-order valence-electron chi connectivity index (χ3n) is 8.35. The lowest BCUT2D eigenvalue weighted by molar-refractivity contribution is 0.192. The lowest BCUT2D eigenvalue weighted by atomic mass is 9.94. The van der Waals surface area contributed by atoms with E-state index in [0.29, 0.717) is 18.9 Å². The van der Waals surface area contributed by atoms with E-state index >= 15 is 0 Å². The first-order valence-electron chi connectivity index (χ1n) is 15.2. The number of aryl methyl sites for hydroxylation is 1. The molecule has 6 aromatic rings. The lowest BCUT2D eigenvalue weighted by Crippen LogP contribution is -2.49. The maximum Gasteiger partial charge on any atom is 0.324 e. The number of anilines is 1. The molecule has 1 fully saturated rings. The van der Waals surface area contributed by atoms with Crippen LogP contribution in [0.4, 0.5) is 10.5 Å². The Morgan fingerprint density at radius 3 is 2.45 bits per heavy atom. The molecule has 1 aliphatic heterocycles. The van der Waals surface area contributed by atoms with Gasteiger partial charge in [0.2, 0.25) is 5.82 Å². The molecule has 9 nitrogen and oxygen atoms in total. The second-order valence-corrected chi connectivity index (χ2v) is 11.2. The third-order valence-corrected chi connectivity index (χ3v) is 8.35. The van der Waals surface area contributed by atoms with Gasteiger partial charge in [-0.05, 0) is 71.5 Å². The van der Waals surface area contributed by atoms with E-state index in [-0.39, 0.29) is 6.03 Å². The van der Waals surface area contributed by atoms with Crippen molar-refractivity contribution >= 4 is 22.8 Å². The molecule has 0 bridgehead atoms. The summed E-state index contributed by atoms with van der Waals surface area (Å²) in [6, 6.07) is 30.9. The van der Waals surface area contributed by atoms with Gasteiger partial charge < -0.3 is 4.90 Å². The summed E-state index contributed by atoms with van der Waals surface area (Å²) in [6.45, 7) is 6.30. The molecule has 1 N–H and O–H groups in total. The van der Waals surface area contributed by atoms with Crippen molar-refractivity contribution in [2.75, 3.05) is 18.0 Å². The van der Waals surface area contributed by atoms with Crippen LogP contribution in [-0.4, -0.2) is 54.2 Å². The van der Waals surface area contributed by atoms with Crippen molar-refractivity contribution in [3.05, 3.63) is 108 Å². The number of amides is 2.